The van der Waals surface area contributed by atoms with Gasteiger partial charge in [-0.25, -0.2) is 9.69 Å². The summed E-state index contributed by atoms with van der Waals surface area (Å²) in [6, 6.07) is 22.1. The molecule has 1 heterocycles. The minimum absolute atomic E-state index is 0.00604. The third kappa shape index (κ3) is 4.67. The number of amides is 4. The van der Waals surface area contributed by atoms with Crippen molar-refractivity contribution >= 4 is 46.1 Å². The molecular formula is C30H23N3O5. The smallest absolute Gasteiger partial charge is 0.273 e. The van der Waals surface area contributed by atoms with E-state index < -0.39 is 22.8 Å². The Kier molecular flexibility index (Phi) is 6.30. The van der Waals surface area contributed by atoms with Crippen molar-refractivity contribution in [2.24, 2.45) is 0 Å². The second-order valence-electron chi connectivity index (χ2n) is 9.27. The number of fused-ring (bicyclic) bond motifs is 1. The number of carbonyl (C=O) groups is 3. The Morgan fingerprint density at radius 1 is 0.895 bits per heavy atom. The van der Waals surface area contributed by atoms with E-state index in [-0.39, 0.29) is 16.9 Å². The van der Waals surface area contributed by atoms with Gasteiger partial charge in [-0.2, -0.15) is 0 Å². The van der Waals surface area contributed by atoms with Gasteiger partial charge in [0, 0.05) is 12.1 Å². The molecule has 188 valence electrons. The number of anilines is 1. The molecule has 8 nitrogen and oxygen atoms in total. The zero-order valence-electron chi connectivity index (χ0n) is 20.7. The molecule has 0 saturated carbocycles. The van der Waals surface area contributed by atoms with E-state index in [0.29, 0.717) is 12.0 Å². The first-order valence-corrected chi connectivity index (χ1v) is 11.9. The third-order valence-corrected chi connectivity index (χ3v) is 6.43. The van der Waals surface area contributed by atoms with E-state index in [9.17, 15) is 24.5 Å². The van der Waals surface area contributed by atoms with Crippen molar-refractivity contribution in [3.05, 3.63) is 122 Å². The number of barbiturate groups is 1. The van der Waals surface area contributed by atoms with Crippen LogP contribution in [0.1, 0.15) is 27.8 Å². The predicted molar refractivity (Wildman–Crippen MR) is 145 cm³/mol. The van der Waals surface area contributed by atoms with Crippen LogP contribution in [0.4, 0.5) is 16.2 Å². The van der Waals surface area contributed by atoms with Crippen molar-refractivity contribution in [2.45, 2.75) is 20.3 Å². The second-order valence-corrected chi connectivity index (χ2v) is 9.27. The molecule has 0 spiro atoms. The molecule has 1 aliphatic heterocycles. The van der Waals surface area contributed by atoms with Gasteiger partial charge in [-0.3, -0.25) is 25.0 Å². The molecule has 1 saturated heterocycles. The third-order valence-electron chi connectivity index (χ3n) is 6.43. The summed E-state index contributed by atoms with van der Waals surface area (Å²) in [5.41, 5.74) is 4.42. The number of non-ortho nitro benzene ring substituents is 1. The fraction of sp³-hybridized carbons (Fsp3) is 0.100. The van der Waals surface area contributed by atoms with Crippen LogP contribution < -0.4 is 10.2 Å². The Bertz CT molecular complexity index is 1670. The quantitative estimate of drug-likeness (QED) is 0.164. The molecule has 0 unspecified atom stereocenters. The number of aryl methyl sites for hydroxylation is 2. The van der Waals surface area contributed by atoms with Crippen LogP contribution in [0.15, 0.2) is 84.4 Å². The van der Waals surface area contributed by atoms with Gasteiger partial charge in [0.2, 0.25) is 0 Å². The van der Waals surface area contributed by atoms with Gasteiger partial charge in [0.1, 0.15) is 5.57 Å². The number of urea groups is 1. The molecule has 5 rings (SSSR count). The molecule has 0 bridgehead atoms. The predicted octanol–water partition coefficient (Wildman–Crippen LogP) is 5.62. The maximum absolute atomic E-state index is 13.5. The van der Waals surface area contributed by atoms with Gasteiger partial charge in [0.15, 0.2) is 0 Å². The molecule has 0 aromatic heterocycles. The molecule has 38 heavy (non-hydrogen) atoms. The fourth-order valence-electron chi connectivity index (χ4n) is 4.84. The minimum Gasteiger partial charge on any atom is -0.273 e. The van der Waals surface area contributed by atoms with Gasteiger partial charge < -0.3 is 0 Å². The van der Waals surface area contributed by atoms with Gasteiger partial charge in [0.05, 0.1) is 10.6 Å². The summed E-state index contributed by atoms with van der Waals surface area (Å²) < 4.78 is 0. The molecule has 0 aliphatic carbocycles. The highest BCUT2D eigenvalue weighted by Crippen LogP contribution is 2.30. The van der Waals surface area contributed by atoms with Gasteiger partial charge in [-0.1, -0.05) is 71.8 Å². The number of benzene rings is 4. The number of hydrogen-bond acceptors (Lipinski definition) is 5. The Morgan fingerprint density at radius 3 is 2.37 bits per heavy atom. The number of nitro benzene ring substituents is 1. The van der Waals surface area contributed by atoms with Crippen LogP contribution in [-0.2, 0) is 16.0 Å². The monoisotopic (exact) mass is 505 g/mol. The zero-order chi connectivity index (χ0) is 27.0. The summed E-state index contributed by atoms with van der Waals surface area (Å²) in [5, 5.41) is 15.2. The summed E-state index contributed by atoms with van der Waals surface area (Å²) in [5.74, 6) is -1.68. The number of nitrogens with zero attached hydrogens (tertiary/aromatic N) is 2. The molecule has 1 N–H and O–H groups in total. The molecule has 4 aromatic carbocycles. The lowest BCUT2D eigenvalue weighted by molar-refractivity contribution is -0.384. The minimum atomic E-state index is -0.967. The van der Waals surface area contributed by atoms with E-state index in [1.165, 1.54) is 24.3 Å². The van der Waals surface area contributed by atoms with E-state index in [4.69, 9.17) is 0 Å². The van der Waals surface area contributed by atoms with Crippen molar-refractivity contribution in [2.75, 3.05) is 4.90 Å². The van der Waals surface area contributed by atoms with Crippen molar-refractivity contribution in [1.29, 1.82) is 0 Å². The highest BCUT2D eigenvalue weighted by molar-refractivity contribution is 6.39. The van der Waals surface area contributed by atoms with E-state index in [1.807, 2.05) is 50.2 Å². The number of carbonyl (C=O) groups excluding carboxylic acids is 3. The first-order chi connectivity index (χ1) is 18.2. The van der Waals surface area contributed by atoms with E-state index >= 15 is 0 Å². The van der Waals surface area contributed by atoms with Gasteiger partial charge in [-0.15, -0.1) is 0 Å². The molecular weight excluding hydrogens is 482 g/mol. The van der Waals surface area contributed by atoms with Gasteiger partial charge in [-0.05, 0) is 59.9 Å². The number of hydrogen-bond donors (Lipinski definition) is 1. The van der Waals surface area contributed by atoms with E-state index in [0.717, 1.165) is 44.0 Å². The van der Waals surface area contributed by atoms with Crippen LogP contribution in [0.25, 0.3) is 16.8 Å². The Morgan fingerprint density at radius 2 is 1.63 bits per heavy atom. The highest BCUT2D eigenvalue weighted by Gasteiger charge is 2.37. The van der Waals surface area contributed by atoms with E-state index in [1.54, 1.807) is 0 Å². The van der Waals surface area contributed by atoms with Gasteiger partial charge >= 0.3 is 6.03 Å². The Labute approximate surface area is 218 Å². The molecule has 1 aliphatic rings. The summed E-state index contributed by atoms with van der Waals surface area (Å²) in [6.07, 6.45) is 2.07. The van der Waals surface area contributed by atoms with Crippen molar-refractivity contribution in [3.63, 3.8) is 0 Å². The Balaban J connectivity index is 1.64. The van der Waals surface area contributed by atoms with Crippen LogP contribution in [0.3, 0.4) is 0 Å². The SMILES string of the molecule is Cc1cc(C)cc(Cc2ccc3ccccc3c2/C=C2\C(=O)NC(=O)N(c3cccc([N+](=O)[O-])c3)C2=O)c1. The summed E-state index contributed by atoms with van der Waals surface area (Å²) in [6.45, 7) is 4.06. The highest BCUT2D eigenvalue weighted by atomic mass is 16.6. The summed E-state index contributed by atoms with van der Waals surface area (Å²) in [4.78, 5) is 50.5. The fourth-order valence-corrected chi connectivity index (χ4v) is 4.84. The largest absolute Gasteiger partial charge is 0.335 e. The van der Waals surface area contributed by atoms with Crippen molar-refractivity contribution in [3.8, 4) is 0 Å². The average molecular weight is 506 g/mol. The zero-order valence-corrected chi connectivity index (χ0v) is 20.7. The number of nitro groups is 1. The summed E-state index contributed by atoms with van der Waals surface area (Å²) in [7, 11) is 0. The molecule has 0 atom stereocenters. The number of rotatable bonds is 5. The number of nitrogens with one attached hydrogen (secondary N) is 1. The number of imide groups is 2. The van der Waals surface area contributed by atoms with Crippen molar-refractivity contribution < 1.29 is 19.3 Å². The van der Waals surface area contributed by atoms with Crippen LogP contribution >= 0.6 is 0 Å². The maximum Gasteiger partial charge on any atom is 0.335 e. The lowest BCUT2D eigenvalue weighted by Crippen LogP contribution is -2.54. The first-order valence-electron chi connectivity index (χ1n) is 11.9. The van der Waals surface area contributed by atoms with Crippen LogP contribution in [-0.4, -0.2) is 22.8 Å². The molecule has 0 radical (unpaired) electrons. The van der Waals surface area contributed by atoms with Crippen LogP contribution in [0, 0.1) is 24.0 Å². The first kappa shape index (κ1) is 24.6. The summed E-state index contributed by atoms with van der Waals surface area (Å²) >= 11 is 0. The van der Waals surface area contributed by atoms with Gasteiger partial charge in [0.25, 0.3) is 17.5 Å². The second kappa shape index (κ2) is 9.74. The standard InChI is InChI=1S/C30H23N3O5/c1-18-12-19(2)14-20(13-18)15-22-11-10-21-6-3-4-9-25(21)26(22)17-27-28(34)31-30(36)32(29(27)35)23-7-5-8-24(16-23)33(37)38/h3-14,16-17H,15H2,1-2H3,(H,31,34,36)/b27-17+. The molecule has 4 amide bonds. The molecule has 4 aromatic rings. The lowest BCUT2D eigenvalue weighted by Gasteiger charge is -2.26. The normalized spacial score (nSPS) is 14.7. The average Bonchev–Trinajstić information content (AvgIpc) is 2.87. The van der Waals surface area contributed by atoms with Crippen LogP contribution in [0.5, 0.6) is 0 Å². The van der Waals surface area contributed by atoms with Crippen molar-refractivity contribution in [1.82, 2.24) is 5.32 Å². The lowest BCUT2D eigenvalue weighted by atomic mass is 9.91. The van der Waals surface area contributed by atoms with Crippen LogP contribution in [0.2, 0.25) is 0 Å². The van der Waals surface area contributed by atoms with E-state index in [2.05, 4.69) is 23.5 Å². The molecule has 1 fully saturated rings. The Hall–Kier alpha value is -5.11. The molecule has 8 heteroatoms. The maximum atomic E-state index is 13.5. The topological polar surface area (TPSA) is 110 Å².